The van der Waals surface area contributed by atoms with Crippen molar-refractivity contribution in [3.63, 3.8) is 0 Å². The number of hydrogen-bond donors (Lipinski definition) is 3. The van der Waals surface area contributed by atoms with Gasteiger partial charge in [-0.05, 0) is 45.9 Å². The SMILES string of the molecule is CSCC(C)(O)CNC(=O)C1(C)CCCCN1. The Labute approximate surface area is 108 Å². The predicted octanol–water partition coefficient (Wildman–Crippen LogP) is 0.749. The molecule has 4 nitrogen and oxygen atoms in total. The van der Waals surface area contributed by atoms with E-state index < -0.39 is 11.1 Å². The van der Waals surface area contributed by atoms with Crippen molar-refractivity contribution >= 4 is 17.7 Å². The van der Waals surface area contributed by atoms with Gasteiger partial charge >= 0.3 is 0 Å². The molecule has 2 unspecified atom stereocenters. The summed E-state index contributed by atoms with van der Waals surface area (Å²) in [6, 6.07) is 0. The highest BCUT2D eigenvalue weighted by Crippen LogP contribution is 2.19. The van der Waals surface area contributed by atoms with Gasteiger partial charge in [0.1, 0.15) is 0 Å². The molecule has 1 aliphatic heterocycles. The van der Waals surface area contributed by atoms with E-state index in [1.54, 1.807) is 18.7 Å². The third-order valence-corrected chi connectivity index (χ3v) is 4.12. The summed E-state index contributed by atoms with van der Waals surface area (Å²) in [5.74, 6) is 0.621. The van der Waals surface area contributed by atoms with Gasteiger partial charge < -0.3 is 15.7 Å². The summed E-state index contributed by atoms with van der Waals surface area (Å²) in [5.41, 5.74) is -1.30. The maximum Gasteiger partial charge on any atom is 0.240 e. The van der Waals surface area contributed by atoms with Crippen LogP contribution < -0.4 is 10.6 Å². The molecule has 1 amide bonds. The molecule has 1 aliphatic rings. The van der Waals surface area contributed by atoms with Crippen molar-refractivity contribution in [3.05, 3.63) is 0 Å². The zero-order valence-electron chi connectivity index (χ0n) is 11.0. The normalized spacial score (nSPS) is 28.5. The van der Waals surface area contributed by atoms with E-state index in [-0.39, 0.29) is 5.91 Å². The van der Waals surface area contributed by atoms with Gasteiger partial charge in [0.2, 0.25) is 5.91 Å². The van der Waals surface area contributed by atoms with Crippen LogP contribution in [0.15, 0.2) is 0 Å². The average Bonchev–Trinajstić information content (AvgIpc) is 2.27. The quantitative estimate of drug-likeness (QED) is 0.682. The predicted molar refractivity (Wildman–Crippen MR) is 72.3 cm³/mol. The highest BCUT2D eigenvalue weighted by atomic mass is 32.2. The zero-order valence-corrected chi connectivity index (χ0v) is 11.8. The Morgan fingerprint density at radius 1 is 1.59 bits per heavy atom. The molecule has 1 rings (SSSR count). The first-order valence-corrected chi connectivity index (χ1v) is 7.54. The van der Waals surface area contributed by atoms with Crippen LogP contribution in [0, 0.1) is 0 Å². The highest BCUT2D eigenvalue weighted by Gasteiger charge is 2.35. The smallest absolute Gasteiger partial charge is 0.240 e. The molecule has 0 spiro atoms. The van der Waals surface area contributed by atoms with Crippen LogP contribution in [-0.4, -0.2) is 47.3 Å². The van der Waals surface area contributed by atoms with Crippen molar-refractivity contribution in [1.82, 2.24) is 10.6 Å². The van der Waals surface area contributed by atoms with Crippen molar-refractivity contribution < 1.29 is 9.90 Å². The van der Waals surface area contributed by atoms with E-state index in [1.165, 1.54) is 0 Å². The second-order valence-corrected chi connectivity index (χ2v) is 6.19. The Bertz CT molecular complexity index is 263. The molecule has 0 radical (unpaired) electrons. The number of carbonyl (C=O) groups is 1. The van der Waals surface area contributed by atoms with E-state index in [1.807, 2.05) is 13.2 Å². The highest BCUT2D eigenvalue weighted by molar-refractivity contribution is 7.98. The van der Waals surface area contributed by atoms with E-state index in [4.69, 9.17) is 0 Å². The molecule has 0 aromatic heterocycles. The summed E-state index contributed by atoms with van der Waals surface area (Å²) in [6.07, 6.45) is 5.02. The van der Waals surface area contributed by atoms with Crippen LogP contribution in [0.25, 0.3) is 0 Å². The van der Waals surface area contributed by atoms with Gasteiger partial charge in [0.15, 0.2) is 0 Å². The number of amides is 1. The Kier molecular flexibility index (Phi) is 5.28. The number of hydrogen-bond acceptors (Lipinski definition) is 4. The van der Waals surface area contributed by atoms with Crippen molar-refractivity contribution in [2.75, 3.05) is 25.1 Å². The molecule has 0 aromatic carbocycles. The third-order valence-electron chi connectivity index (χ3n) is 3.20. The second kappa shape index (κ2) is 6.07. The minimum atomic E-state index is -0.833. The largest absolute Gasteiger partial charge is 0.387 e. The Balaban J connectivity index is 2.43. The van der Waals surface area contributed by atoms with Gasteiger partial charge in [0, 0.05) is 12.3 Å². The molecule has 1 fully saturated rings. The van der Waals surface area contributed by atoms with Crippen LogP contribution in [0.3, 0.4) is 0 Å². The molecule has 100 valence electrons. The molecule has 1 heterocycles. The summed E-state index contributed by atoms with van der Waals surface area (Å²) in [5, 5.41) is 16.1. The van der Waals surface area contributed by atoms with Gasteiger partial charge in [0.05, 0.1) is 11.1 Å². The fourth-order valence-electron chi connectivity index (χ4n) is 2.08. The molecular formula is C12H24N2O2S. The third kappa shape index (κ3) is 4.48. The number of piperidine rings is 1. The molecule has 0 bridgehead atoms. The lowest BCUT2D eigenvalue weighted by Gasteiger charge is -2.34. The molecule has 17 heavy (non-hydrogen) atoms. The van der Waals surface area contributed by atoms with Gasteiger partial charge in [-0.15, -0.1) is 0 Å². The van der Waals surface area contributed by atoms with Crippen LogP contribution in [0.2, 0.25) is 0 Å². The summed E-state index contributed by atoms with van der Waals surface area (Å²) in [4.78, 5) is 12.1. The number of nitrogens with one attached hydrogen (secondary N) is 2. The molecule has 0 saturated carbocycles. The molecule has 0 aliphatic carbocycles. The van der Waals surface area contributed by atoms with Gasteiger partial charge in [-0.1, -0.05) is 0 Å². The fraction of sp³-hybridized carbons (Fsp3) is 0.917. The van der Waals surface area contributed by atoms with Crippen LogP contribution in [0.4, 0.5) is 0 Å². The van der Waals surface area contributed by atoms with Gasteiger partial charge in [-0.25, -0.2) is 0 Å². The topological polar surface area (TPSA) is 61.4 Å². The van der Waals surface area contributed by atoms with Crippen LogP contribution in [0.1, 0.15) is 33.1 Å². The molecule has 3 N–H and O–H groups in total. The standard InChI is InChI=1S/C12H24N2O2S/c1-11(16,9-17-3)8-13-10(15)12(2)6-4-5-7-14-12/h14,16H,4-9H2,1-3H3,(H,13,15). The van der Waals surface area contributed by atoms with Gasteiger partial charge in [-0.3, -0.25) is 4.79 Å². The lowest BCUT2D eigenvalue weighted by atomic mass is 9.90. The van der Waals surface area contributed by atoms with Gasteiger partial charge in [0.25, 0.3) is 0 Å². The average molecular weight is 260 g/mol. The van der Waals surface area contributed by atoms with Crippen LogP contribution in [0.5, 0.6) is 0 Å². The molecule has 1 saturated heterocycles. The van der Waals surface area contributed by atoms with Crippen molar-refractivity contribution in [1.29, 1.82) is 0 Å². The molecule has 5 heteroatoms. The lowest BCUT2D eigenvalue weighted by molar-refractivity contribution is -0.128. The number of carbonyl (C=O) groups excluding carboxylic acids is 1. The van der Waals surface area contributed by atoms with Gasteiger partial charge in [-0.2, -0.15) is 11.8 Å². The Morgan fingerprint density at radius 2 is 2.29 bits per heavy atom. The Morgan fingerprint density at radius 3 is 2.82 bits per heavy atom. The summed E-state index contributed by atoms with van der Waals surface area (Å²) >= 11 is 1.58. The fourth-order valence-corrected chi connectivity index (χ4v) is 2.80. The van der Waals surface area contributed by atoms with E-state index in [2.05, 4.69) is 10.6 Å². The van der Waals surface area contributed by atoms with E-state index in [0.29, 0.717) is 12.3 Å². The number of thioether (sulfide) groups is 1. The maximum atomic E-state index is 12.1. The molecule has 2 atom stereocenters. The minimum Gasteiger partial charge on any atom is -0.387 e. The summed E-state index contributed by atoms with van der Waals surface area (Å²) < 4.78 is 0. The first kappa shape index (κ1) is 14.8. The number of aliphatic hydroxyl groups is 1. The van der Waals surface area contributed by atoms with E-state index >= 15 is 0 Å². The van der Waals surface area contributed by atoms with Crippen LogP contribution in [-0.2, 0) is 4.79 Å². The summed E-state index contributed by atoms with van der Waals surface area (Å²) in [7, 11) is 0. The van der Waals surface area contributed by atoms with Crippen LogP contribution >= 0.6 is 11.8 Å². The molecular weight excluding hydrogens is 236 g/mol. The van der Waals surface area contributed by atoms with E-state index in [9.17, 15) is 9.90 Å². The first-order valence-electron chi connectivity index (χ1n) is 6.14. The monoisotopic (exact) mass is 260 g/mol. The van der Waals surface area contributed by atoms with Crippen molar-refractivity contribution in [2.45, 2.75) is 44.2 Å². The molecule has 0 aromatic rings. The minimum absolute atomic E-state index is 0.00132. The first-order chi connectivity index (χ1) is 7.90. The Hall–Kier alpha value is -0.260. The van der Waals surface area contributed by atoms with Crippen molar-refractivity contribution in [3.8, 4) is 0 Å². The van der Waals surface area contributed by atoms with Crippen molar-refractivity contribution in [2.24, 2.45) is 0 Å². The second-order valence-electron chi connectivity index (χ2n) is 5.33. The zero-order chi connectivity index (χ0) is 12.9. The summed E-state index contributed by atoms with van der Waals surface area (Å²) in [6.45, 7) is 4.89. The van der Waals surface area contributed by atoms with E-state index in [0.717, 1.165) is 25.8 Å². The lowest BCUT2D eigenvalue weighted by Crippen LogP contribution is -2.58. The number of rotatable bonds is 5. The maximum absolute atomic E-state index is 12.1.